The van der Waals surface area contributed by atoms with Gasteiger partial charge in [-0.2, -0.15) is 4.98 Å². The van der Waals surface area contributed by atoms with Crippen LogP contribution in [0.3, 0.4) is 0 Å². The van der Waals surface area contributed by atoms with Crippen LogP contribution < -0.4 is 16.1 Å². The van der Waals surface area contributed by atoms with Gasteiger partial charge in [-0.1, -0.05) is 42.5 Å². The van der Waals surface area contributed by atoms with Crippen LogP contribution in [0, 0.1) is 0 Å². The number of aryl methyl sites for hydroxylation is 2. The van der Waals surface area contributed by atoms with Gasteiger partial charge in [0.05, 0.1) is 0 Å². The highest BCUT2D eigenvalue weighted by Gasteiger charge is 2.24. The molecule has 3 heterocycles. The van der Waals surface area contributed by atoms with Crippen molar-refractivity contribution >= 4 is 23.2 Å². The van der Waals surface area contributed by atoms with Gasteiger partial charge in [0.2, 0.25) is 5.95 Å². The van der Waals surface area contributed by atoms with Crippen molar-refractivity contribution in [1.29, 1.82) is 0 Å². The summed E-state index contributed by atoms with van der Waals surface area (Å²) in [5, 5.41) is 0. The van der Waals surface area contributed by atoms with Gasteiger partial charge >= 0.3 is 5.69 Å². The first-order chi connectivity index (χ1) is 12.6. The van der Waals surface area contributed by atoms with Crippen LogP contribution in [0.4, 0.5) is 5.95 Å². The van der Waals surface area contributed by atoms with Crippen molar-refractivity contribution in [3.63, 3.8) is 0 Å². The van der Waals surface area contributed by atoms with Crippen LogP contribution in [-0.2, 0) is 20.6 Å². The average molecular weight is 351 g/mol. The fourth-order valence-corrected chi connectivity index (χ4v) is 3.46. The molecule has 0 N–H and O–H groups in total. The molecule has 26 heavy (non-hydrogen) atoms. The molecule has 1 aliphatic heterocycles. The van der Waals surface area contributed by atoms with E-state index in [0.29, 0.717) is 17.7 Å². The van der Waals surface area contributed by atoms with Gasteiger partial charge in [0.15, 0.2) is 11.2 Å². The van der Waals surface area contributed by atoms with E-state index in [2.05, 4.69) is 34.2 Å². The number of hydrogen-bond donors (Lipinski definition) is 0. The Hall–Kier alpha value is -3.09. The van der Waals surface area contributed by atoms with Gasteiger partial charge in [-0.25, -0.2) is 4.79 Å². The van der Waals surface area contributed by atoms with Crippen molar-refractivity contribution in [3.05, 3.63) is 62.8 Å². The normalized spacial score (nSPS) is 14.3. The maximum absolute atomic E-state index is 12.6. The third-order valence-electron chi connectivity index (χ3n) is 4.86. The van der Waals surface area contributed by atoms with Crippen LogP contribution in [0.1, 0.15) is 12.0 Å². The Labute approximate surface area is 150 Å². The highest BCUT2D eigenvalue weighted by Crippen LogP contribution is 2.24. The molecule has 7 heteroatoms. The van der Waals surface area contributed by atoms with E-state index < -0.39 is 0 Å². The third kappa shape index (κ3) is 2.56. The van der Waals surface area contributed by atoms with Crippen LogP contribution in [0.25, 0.3) is 17.2 Å². The number of hydrogen-bond acceptors (Lipinski definition) is 4. The monoisotopic (exact) mass is 351 g/mol. The predicted octanol–water partition coefficient (Wildman–Crippen LogP) is 1.36. The Morgan fingerprint density at radius 2 is 1.85 bits per heavy atom. The summed E-state index contributed by atoms with van der Waals surface area (Å²) < 4.78 is 4.53. The first kappa shape index (κ1) is 16.4. The summed E-state index contributed by atoms with van der Waals surface area (Å²) in [4.78, 5) is 31.5. The Morgan fingerprint density at radius 1 is 1.08 bits per heavy atom. The highest BCUT2D eigenvalue weighted by atomic mass is 16.2. The van der Waals surface area contributed by atoms with Gasteiger partial charge in [-0.05, 0) is 12.0 Å². The van der Waals surface area contributed by atoms with Crippen molar-refractivity contribution < 1.29 is 0 Å². The molecule has 0 fully saturated rings. The Morgan fingerprint density at radius 3 is 2.62 bits per heavy atom. The van der Waals surface area contributed by atoms with Crippen LogP contribution in [0.5, 0.6) is 0 Å². The first-order valence-electron chi connectivity index (χ1n) is 8.70. The lowest BCUT2D eigenvalue weighted by Crippen LogP contribution is -2.38. The Balaban J connectivity index is 1.74. The quantitative estimate of drug-likeness (QED) is 0.715. The molecule has 4 rings (SSSR count). The van der Waals surface area contributed by atoms with Crippen LogP contribution in [-0.4, -0.2) is 31.8 Å². The first-order valence-corrected chi connectivity index (χ1v) is 8.70. The fourth-order valence-electron chi connectivity index (χ4n) is 3.46. The second kappa shape index (κ2) is 6.33. The molecule has 0 bridgehead atoms. The Kier molecular flexibility index (Phi) is 3.99. The topological polar surface area (TPSA) is 65.1 Å². The molecule has 0 saturated heterocycles. The molecule has 134 valence electrons. The minimum absolute atomic E-state index is 0.288. The van der Waals surface area contributed by atoms with Gasteiger partial charge in [0.1, 0.15) is 0 Å². The van der Waals surface area contributed by atoms with Crippen LogP contribution in [0.15, 0.2) is 46.0 Å². The molecule has 2 aromatic heterocycles. The van der Waals surface area contributed by atoms with E-state index in [1.54, 1.807) is 7.05 Å². The molecule has 0 atom stereocenters. The average Bonchev–Trinajstić information content (AvgIpc) is 3.06. The SMILES string of the molecule is Cn1c(=O)c2c(nc3n2CCCN3CC=Cc2ccccc2)n(C)c1=O. The van der Waals surface area contributed by atoms with Crippen molar-refractivity contribution in [1.82, 2.24) is 18.7 Å². The minimum atomic E-state index is -0.353. The number of imidazole rings is 1. The summed E-state index contributed by atoms with van der Waals surface area (Å²) in [5.74, 6) is 0.752. The minimum Gasteiger partial charge on any atom is -0.338 e. The lowest BCUT2D eigenvalue weighted by atomic mass is 10.2. The number of anilines is 1. The van der Waals surface area contributed by atoms with Crippen molar-refractivity contribution in [2.45, 2.75) is 13.0 Å². The molecule has 0 amide bonds. The van der Waals surface area contributed by atoms with Crippen molar-refractivity contribution in [2.24, 2.45) is 14.1 Å². The molecule has 0 saturated carbocycles. The van der Waals surface area contributed by atoms with E-state index in [-0.39, 0.29) is 11.2 Å². The maximum Gasteiger partial charge on any atom is 0.332 e. The number of nitrogens with zero attached hydrogens (tertiary/aromatic N) is 5. The molecule has 0 spiro atoms. The van der Waals surface area contributed by atoms with Crippen LogP contribution >= 0.6 is 0 Å². The van der Waals surface area contributed by atoms with E-state index in [1.165, 1.54) is 11.6 Å². The lowest BCUT2D eigenvalue weighted by Gasteiger charge is -2.27. The molecule has 1 aliphatic rings. The zero-order valence-corrected chi connectivity index (χ0v) is 14.9. The zero-order valence-electron chi connectivity index (χ0n) is 14.9. The second-order valence-corrected chi connectivity index (χ2v) is 6.55. The molecule has 0 radical (unpaired) electrons. The second-order valence-electron chi connectivity index (χ2n) is 6.55. The highest BCUT2D eigenvalue weighted by molar-refractivity contribution is 5.75. The van der Waals surface area contributed by atoms with Gasteiger partial charge < -0.3 is 9.47 Å². The van der Waals surface area contributed by atoms with E-state index in [1.807, 2.05) is 22.8 Å². The van der Waals surface area contributed by atoms with Crippen molar-refractivity contribution in [2.75, 3.05) is 18.0 Å². The van der Waals surface area contributed by atoms with Gasteiger partial charge in [0.25, 0.3) is 5.56 Å². The van der Waals surface area contributed by atoms with Gasteiger partial charge in [-0.15, -0.1) is 0 Å². The van der Waals surface area contributed by atoms with E-state index in [4.69, 9.17) is 0 Å². The number of aromatic nitrogens is 4. The molecule has 0 unspecified atom stereocenters. The van der Waals surface area contributed by atoms with Crippen molar-refractivity contribution in [3.8, 4) is 0 Å². The van der Waals surface area contributed by atoms with Gasteiger partial charge in [0, 0.05) is 33.7 Å². The number of fused-ring (bicyclic) bond motifs is 3. The fraction of sp³-hybridized carbons (Fsp3) is 0.316. The molecule has 0 aliphatic carbocycles. The third-order valence-corrected chi connectivity index (χ3v) is 4.86. The summed E-state index contributed by atoms with van der Waals surface area (Å²) in [7, 11) is 3.16. The molecular formula is C19H21N5O2. The van der Waals surface area contributed by atoms with E-state index in [9.17, 15) is 9.59 Å². The largest absolute Gasteiger partial charge is 0.338 e. The molecular weight excluding hydrogens is 330 g/mol. The summed E-state index contributed by atoms with van der Waals surface area (Å²) in [6, 6.07) is 10.1. The summed E-state index contributed by atoms with van der Waals surface area (Å²) >= 11 is 0. The van der Waals surface area contributed by atoms with Gasteiger partial charge in [-0.3, -0.25) is 13.9 Å². The molecule has 7 nitrogen and oxygen atoms in total. The smallest absolute Gasteiger partial charge is 0.332 e. The lowest BCUT2D eigenvalue weighted by molar-refractivity contribution is 0.577. The number of rotatable bonds is 3. The number of benzene rings is 1. The Bertz CT molecular complexity index is 1100. The molecule has 3 aromatic rings. The maximum atomic E-state index is 12.6. The van der Waals surface area contributed by atoms with E-state index >= 15 is 0 Å². The summed E-state index contributed by atoms with van der Waals surface area (Å²) in [6.45, 7) is 2.31. The summed E-state index contributed by atoms with van der Waals surface area (Å²) in [5.41, 5.74) is 1.46. The predicted molar refractivity (Wildman–Crippen MR) is 103 cm³/mol. The van der Waals surface area contributed by atoms with Crippen LogP contribution in [0.2, 0.25) is 0 Å². The van der Waals surface area contributed by atoms with E-state index in [0.717, 1.165) is 35.6 Å². The summed E-state index contributed by atoms with van der Waals surface area (Å²) in [6.07, 6.45) is 5.11. The zero-order chi connectivity index (χ0) is 18.3. The molecule has 1 aromatic carbocycles. The standard InChI is InChI=1S/C19H21N5O2/c1-21-16-15(17(25)22(2)19(21)26)24-13-7-12-23(18(24)20-16)11-6-10-14-8-4-3-5-9-14/h3-6,8-10H,7,11-13H2,1-2H3.